The Balaban J connectivity index is 0.00000120. The molecule has 5 nitrogen and oxygen atoms in total. The molecule has 1 atom stereocenters. The number of halogens is 1. The predicted molar refractivity (Wildman–Crippen MR) is 72.7 cm³/mol. The van der Waals surface area contributed by atoms with E-state index in [0.717, 1.165) is 31.0 Å². The molecule has 1 saturated carbocycles. The lowest BCUT2D eigenvalue weighted by Gasteiger charge is -2.13. The minimum absolute atomic E-state index is 0. The van der Waals surface area contributed by atoms with E-state index in [2.05, 4.69) is 20.6 Å². The fourth-order valence-corrected chi connectivity index (χ4v) is 2.24. The van der Waals surface area contributed by atoms with Gasteiger partial charge in [0.15, 0.2) is 0 Å². The van der Waals surface area contributed by atoms with E-state index >= 15 is 0 Å². The highest BCUT2D eigenvalue weighted by molar-refractivity contribution is 5.85. The fraction of sp³-hybridized carbons (Fsp3) is 0.667. The van der Waals surface area contributed by atoms with E-state index in [4.69, 9.17) is 4.74 Å². The van der Waals surface area contributed by atoms with Crippen LogP contribution in [-0.2, 0) is 0 Å². The summed E-state index contributed by atoms with van der Waals surface area (Å²) >= 11 is 0. The summed E-state index contributed by atoms with van der Waals surface area (Å²) in [5.74, 6) is 2.03. The zero-order chi connectivity index (χ0) is 11.7. The molecule has 0 aromatic carbocycles. The maximum atomic E-state index is 5.35. The van der Waals surface area contributed by atoms with Crippen molar-refractivity contribution in [3.05, 3.63) is 11.8 Å². The number of anilines is 1. The van der Waals surface area contributed by atoms with Crippen molar-refractivity contribution < 1.29 is 4.74 Å². The zero-order valence-corrected chi connectivity index (χ0v) is 11.3. The summed E-state index contributed by atoms with van der Waals surface area (Å²) < 4.78 is 5.35. The molecule has 0 spiro atoms. The van der Waals surface area contributed by atoms with Crippen LogP contribution in [0.15, 0.2) is 6.20 Å². The van der Waals surface area contributed by atoms with Crippen LogP contribution in [0.4, 0.5) is 5.95 Å². The predicted octanol–water partition coefficient (Wildman–Crippen LogP) is 1.56. The standard InChI is InChI=1S/C12H18N4O.ClH/c1-17-11-10(8-2-3-8)7-14-12(16-11)15-9-4-5-13-6-9;/h7-9,13H,2-6H2,1H3,(H,14,15,16);1H/t9-;/m1./s1. The average molecular weight is 271 g/mol. The lowest BCUT2D eigenvalue weighted by atomic mass is 10.2. The van der Waals surface area contributed by atoms with E-state index < -0.39 is 0 Å². The second kappa shape index (κ2) is 5.71. The van der Waals surface area contributed by atoms with Gasteiger partial charge in [-0.2, -0.15) is 4.98 Å². The minimum atomic E-state index is 0. The lowest BCUT2D eigenvalue weighted by Crippen LogP contribution is -2.23. The normalized spacial score (nSPS) is 22.4. The third-order valence-corrected chi connectivity index (χ3v) is 3.38. The van der Waals surface area contributed by atoms with Crippen LogP contribution in [0.25, 0.3) is 0 Å². The summed E-state index contributed by atoms with van der Waals surface area (Å²) in [6, 6.07) is 0.437. The molecule has 0 bridgehead atoms. The van der Waals surface area contributed by atoms with Crippen LogP contribution < -0.4 is 15.4 Å². The molecule has 1 aliphatic carbocycles. The van der Waals surface area contributed by atoms with Gasteiger partial charge in [0, 0.05) is 24.3 Å². The Labute approximate surface area is 113 Å². The molecule has 2 fully saturated rings. The van der Waals surface area contributed by atoms with Gasteiger partial charge in [-0.3, -0.25) is 0 Å². The Morgan fingerprint density at radius 1 is 1.39 bits per heavy atom. The van der Waals surface area contributed by atoms with Crippen molar-refractivity contribution in [1.29, 1.82) is 0 Å². The van der Waals surface area contributed by atoms with Crippen LogP contribution in [0.1, 0.15) is 30.7 Å². The van der Waals surface area contributed by atoms with Gasteiger partial charge in [0.2, 0.25) is 11.8 Å². The Morgan fingerprint density at radius 3 is 2.83 bits per heavy atom. The molecule has 2 aliphatic rings. The van der Waals surface area contributed by atoms with Crippen LogP contribution in [-0.4, -0.2) is 36.2 Å². The molecule has 1 saturated heterocycles. The third-order valence-electron chi connectivity index (χ3n) is 3.38. The van der Waals surface area contributed by atoms with E-state index in [1.54, 1.807) is 7.11 Å². The van der Waals surface area contributed by atoms with Gasteiger partial charge >= 0.3 is 0 Å². The van der Waals surface area contributed by atoms with Gasteiger partial charge < -0.3 is 15.4 Å². The molecule has 6 heteroatoms. The van der Waals surface area contributed by atoms with Crippen molar-refractivity contribution in [3.8, 4) is 5.88 Å². The monoisotopic (exact) mass is 270 g/mol. The van der Waals surface area contributed by atoms with Crippen LogP contribution in [0.2, 0.25) is 0 Å². The van der Waals surface area contributed by atoms with E-state index in [0.29, 0.717) is 17.9 Å². The molecule has 0 amide bonds. The van der Waals surface area contributed by atoms with Gasteiger partial charge in [-0.25, -0.2) is 4.98 Å². The molecule has 100 valence electrons. The highest BCUT2D eigenvalue weighted by atomic mass is 35.5. The summed E-state index contributed by atoms with van der Waals surface area (Å²) in [6.07, 6.45) is 5.50. The molecule has 0 radical (unpaired) electrons. The van der Waals surface area contributed by atoms with E-state index in [1.807, 2.05) is 6.20 Å². The SMILES string of the molecule is COc1nc(N[C@@H]2CCNC2)ncc1C1CC1.Cl. The van der Waals surface area contributed by atoms with Crippen molar-refractivity contribution >= 4 is 18.4 Å². The average Bonchev–Trinajstić information content (AvgIpc) is 3.08. The van der Waals surface area contributed by atoms with Crippen LogP contribution in [0.5, 0.6) is 5.88 Å². The quantitative estimate of drug-likeness (QED) is 0.870. The Morgan fingerprint density at radius 2 is 2.22 bits per heavy atom. The number of aromatic nitrogens is 2. The molecule has 1 aromatic heterocycles. The second-order valence-corrected chi connectivity index (χ2v) is 4.77. The molecule has 2 N–H and O–H groups in total. The number of ether oxygens (including phenoxy) is 1. The van der Waals surface area contributed by atoms with Crippen LogP contribution in [0.3, 0.4) is 0 Å². The van der Waals surface area contributed by atoms with Gasteiger partial charge in [-0.05, 0) is 31.7 Å². The summed E-state index contributed by atoms with van der Waals surface area (Å²) in [4.78, 5) is 8.83. The first-order chi connectivity index (χ1) is 8.36. The maximum Gasteiger partial charge on any atom is 0.226 e. The first-order valence-corrected chi connectivity index (χ1v) is 6.25. The highest BCUT2D eigenvalue weighted by Gasteiger charge is 2.28. The van der Waals surface area contributed by atoms with E-state index in [9.17, 15) is 0 Å². The molecule has 18 heavy (non-hydrogen) atoms. The van der Waals surface area contributed by atoms with Crippen molar-refractivity contribution in [1.82, 2.24) is 15.3 Å². The molecule has 2 heterocycles. The van der Waals surface area contributed by atoms with Crippen LogP contribution >= 0.6 is 12.4 Å². The van der Waals surface area contributed by atoms with Gasteiger partial charge in [-0.15, -0.1) is 12.4 Å². The van der Waals surface area contributed by atoms with Crippen molar-refractivity contribution in [2.24, 2.45) is 0 Å². The van der Waals surface area contributed by atoms with Gasteiger partial charge in [-0.1, -0.05) is 0 Å². The minimum Gasteiger partial charge on any atom is -0.481 e. The van der Waals surface area contributed by atoms with Crippen LogP contribution in [0, 0.1) is 0 Å². The maximum absolute atomic E-state index is 5.35. The summed E-state index contributed by atoms with van der Waals surface area (Å²) in [6.45, 7) is 2.05. The van der Waals surface area contributed by atoms with E-state index in [-0.39, 0.29) is 12.4 Å². The van der Waals surface area contributed by atoms with Gasteiger partial charge in [0.1, 0.15) is 0 Å². The van der Waals surface area contributed by atoms with Gasteiger partial charge in [0.05, 0.1) is 7.11 Å². The van der Waals surface area contributed by atoms with Gasteiger partial charge in [0.25, 0.3) is 0 Å². The number of hydrogen-bond donors (Lipinski definition) is 2. The topological polar surface area (TPSA) is 59.1 Å². The van der Waals surface area contributed by atoms with E-state index in [1.165, 1.54) is 12.8 Å². The fourth-order valence-electron chi connectivity index (χ4n) is 2.24. The number of nitrogens with one attached hydrogen (secondary N) is 2. The smallest absolute Gasteiger partial charge is 0.226 e. The Bertz CT molecular complexity index is 405. The summed E-state index contributed by atoms with van der Waals surface area (Å²) in [5.41, 5.74) is 1.16. The molecular formula is C12H19ClN4O. The lowest BCUT2D eigenvalue weighted by molar-refractivity contribution is 0.392. The number of hydrogen-bond acceptors (Lipinski definition) is 5. The molecule has 3 rings (SSSR count). The van der Waals surface area contributed by atoms with Crippen molar-refractivity contribution in [2.45, 2.75) is 31.2 Å². The number of rotatable bonds is 4. The molecular weight excluding hydrogens is 252 g/mol. The number of nitrogens with zero attached hydrogens (tertiary/aromatic N) is 2. The number of methoxy groups -OCH3 is 1. The summed E-state index contributed by atoms with van der Waals surface area (Å²) in [5, 5.41) is 6.65. The Hall–Kier alpha value is -1.07. The Kier molecular flexibility index (Phi) is 4.24. The van der Waals surface area contributed by atoms with Crippen molar-refractivity contribution in [2.75, 3.05) is 25.5 Å². The molecule has 1 aliphatic heterocycles. The van der Waals surface area contributed by atoms with Crippen molar-refractivity contribution in [3.63, 3.8) is 0 Å². The summed E-state index contributed by atoms with van der Waals surface area (Å²) in [7, 11) is 1.68. The highest BCUT2D eigenvalue weighted by Crippen LogP contribution is 2.43. The molecule has 1 aromatic rings. The first kappa shape index (κ1) is 13.4. The largest absolute Gasteiger partial charge is 0.481 e. The first-order valence-electron chi connectivity index (χ1n) is 6.25. The zero-order valence-electron chi connectivity index (χ0n) is 10.5. The second-order valence-electron chi connectivity index (χ2n) is 4.77. The third kappa shape index (κ3) is 2.84. The molecule has 0 unspecified atom stereocenters.